The van der Waals surface area contributed by atoms with Crippen LogP contribution in [-0.2, 0) is 11.2 Å². The summed E-state index contributed by atoms with van der Waals surface area (Å²) in [6.45, 7) is 1.85. The summed E-state index contributed by atoms with van der Waals surface area (Å²) in [7, 11) is 0. The molecule has 2 aromatic carbocycles. The molecule has 0 aliphatic carbocycles. The predicted octanol–water partition coefficient (Wildman–Crippen LogP) is 3.37. The van der Waals surface area contributed by atoms with Crippen molar-refractivity contribution in [3.8, 4) is 5.69 Å². The second kappa shape index (κ2) is 6.16. The van der Waals surface area contributed by atoms with E-state index < -0.39 is 23.9 Å². The number of rotatable bonds is 3. The molecule has 3 rings (SSSR count). The fraction of sp³-hybridized carbons (Fsp3) is 0.167. The SMILES string of the molecule is Cc1ccc(-n2c(CC(=O)C(F)(F)F)nc3ccccc3c2=O)cc1. The van der Waals surface area contributed by atoms with Crippen LogP contribution in [0.4, 0.5) is 13.2 Å². The summed E-state index contributed by atoms with van der Waals surface area (Å²) in [5.74, 6) is -2.19. The summed E-state index contributed by atoms with van der Waals surface area (Å²) in [6.07, 6.45) is -5.99. The number of hydrogen-bond acceptors (Lipinski definition) is 3. The third-order valence-electron chi connectivity index (χ3n) is 3.77. The smallest absolute Gasteiger partial charge is 0.289 e. The number of aromatic nitrogens is 2. The van der Waals surface area contributed by atoms with Gasteiger partial charge < -0.3 is 0 Å². The molecule has 0 atom stereocenters. The Morgan fingerprint density at radius 1 is 1.08 bits per heavy atom. The van der Waals surface area contributed by atoms with Crippen LogP contribution in [0.15, 0.2) is 53.3 Å². The first-order chi connectivity index (χ1) is 11.8. The Balaban J connectivity index is 2.26. The van der Waals surface area contributed by atoms with E-state index in [1.165, 1.54) is 6.07 Å². The second-order valence-corrected chi connectivity index (χ2v) is 5.62. The van der Waals surface area contributed by atoms with Crippen LogP contribution in [-0.4, -0.2) is 21.5 Å². The molecule has 0 saturated heterocycles. The Morgan fingerprint density at radius 2 is 1.72 bits per heavy atom. The zero-order chi connectivity index (χ0) is 18.2. The molecule has 0 fully saturated rings. The van der Waals surface area contributed by atoms with Crippen molar-refractivity contribution in [3.63, 3.8) is 0 Å². The van der Waals surface area contributed by atoms with Crippen molar-refractivity contribution in [1.82, 2.24) is 9.55 Å². The highest BCUT2D eigenvalue weighted by Gasteiger charge is 2.38. The quantitative estimate of drug-likeness (QED) is 0.731. The molecule has 0 bridgehead atoms. The van der Waals surface area contributed by atoms with E-state index in [2.05, 4.69) is 4.98 Å². The van der Waals surface area contributed by atoms with Crippen molar-refractivity contribution in [2.24, 2.45) is 0 Å². The number of benzene rings is 2. The van der Waals surface area contributed by atoms with Gasteiger partial charge in [-0.3, -0.25) is 14.2 Å². The molecule has 3 aromatic rings. The van der Waals surface area contributed by atoms with Crippen LogP contribution in [0.1, 0.15) is 11.4 Å². The standard InChI is InChI=1S/C18H13F3N2O2/c1-11-6-8-12(9-7-11)23-16(10-15(24)18(19,20)21)22-14-5-3-2-4-13(14)17(23)25/h2-9H,10H2,1H3. The first-order valence-corrected chi connectivity index (χ1v) is 7.45. The molecule has 0 aliphatic rings. The maximum Gasteiger partial charge on any atom is 0.450 e. The van der Waals surface area contributed by atoms with Crippen molar-refractivity contribution in [1.29, 1.82) is 0 Å². The third-order valence-corrected chi connectivity index (χ3v) is 3.77. The minimum absolute atomic E-state index is 0.241. The van der Waals surface area contributed by atoms with E-state index in [1.807, 2.05) is 6.92 Å². The first-order valence-electron chi connectivity index (χ1n) is 7.45. The maximum absolute atomic E-state index is 12.8. The van der Waals surface area contributed by atoms with E-state index >= 15 is 0 Å². The van der Waals surface area contributed by atoms with Crippen LogP contribution in [0.5, 0.6) is 0 Å². The van der Waals surface area contributed by atoms with Gasteiger partial charge in [0.2, 0.25) is 5.78 Å². The van der Waals surface area contributed by atoms with Crippen molar-refractivity contribution in [3.05, 3.63) is 70.3 Å². The minimum atomic E-state index is -4.98. The zero-order valence-corrected chi connectivity index (χ0v) is 13.2. The maximum atomic E-state index is 12.8. The highest BCUT2D eigenvalue weighted by Crippen LogP contribution is 2.20. The molecule has 0 radical (unpaired) electrons. The molecule has 0 saturated carbocycles. The average molecular weight is 346 g/mol. The van der Waals surface area contributed by atoms with Crippen molar-refractivity contribution in [2.45, 2.75) is 19.5 Å². The van der Waals surface area contributed by atoms with Crippen LogP contribution < -0.4 is 5.56 Å². The van der Waals surface area contributed by atoms with E-state index in [0.717, 1.165) is 10.1 Å². The summed E-state index contributed by atoms with van der Waals surface area (Å²) in [4.78, 5) is 28.4. The first kappa shape index (κ1) is 16.9. The van der Waals surface area contributed by atoms with Gasteiger partial charge in [-0.2, -0.15) is 13.2 Å². The number of carbonyl (C=O) groups excluding carboxylic acids is 1. The predicted molar refractivity (Wildman–Crippen MR) is 86.8 cm³/mol. The Hall–Kier alpha value is -2.96. The Kier molecular flexibility index (Phi) is 4.16. The largest absolute Gasteiger partial charge is 0.450 e. The van der Waals surface area contributed by atoms with Gasteiger partial charge in [-0.1, -0.05) is 29.8 Å². The molecule has 0 unspecified atom stereocenters. The molecule has 0 N–H and O–H groups in total. The van der Waals surface area contributed by atoms with Gasteiger partial charge in [0.05, 0.1) is 23.0 Å². The van der Waals surface area contributed by atoms with Crippen molar-refractivity contribution >= 4 is 16.7 Å². The number of aryl methyl sites for hydroxylation is 1. The van der Waals surface area contributed by atoms with Crippen molar-refractivity contribution in [2.75, 3.05) is 0 Å². The van der Waals surface area contributed by atoms with Crippen LogP contribution >= 0.6 is 0 Å². The lowest BCUT2D eigenvalue weighted by Crippen LogP contribution is -2.30. The van der Waals surface area contributed by atoms with E-state index in [-0.39, 0.29) is 16.7 Å². The Bertz CT molecular complexity index is 1010. The average Bonchev–Trinajstić information content (AvgIpc) is 2.55. The van der Waals surface area contributed by atoms with Crippen LogP contribution in [0.2, 0.25) is 0 Å². The molecule has 1 aromatic heterocycles. The molecular formula is C18H13F3N2O2. The monoisotopic (exact) mass is 346 g/mol. The number of hydrogen-bond donors (Lipinski definition) is 0. The van der Waals surface area contributed by atoms with Gasteiger partial charge in [-0.05, 0) is 31.2 Å². The van der Waals surface area contributed by atoms with Gasteiger partial charge in [0, 0.05) is 0 Å². The molecule has 4 nitrogen and oxygen atoms in total. The highest BCUT2D eigenvalue weighted by atomic mass is 19.4. The van der Waals surface area contributed by atoms with E-state index in [4.69, 9.17) is 0 Å². The summed E-state index contributed by atoms with van der Waals surface area (Å²) >= 11 is 0. The highest BCUT2D eigenvalue weighted by molar-refractivity contribution is 5.86. The van der Waals surface area contributed by atoms with E-state index in [1.54, 1.807) is 42.5 Å². The number of fused-ring (bicyclic) bond motifs is 1. The fourth-order valence-electron chi connectivity index (χ4n) is 2.50. The van der Waals surface area contributed by atoms with Crippen LogP contribution in [0.25, 0.3) is 16.6 Å². The summed E-state index contributed by atoms with van der Waals surface area (Å²) in [5.41, 5.74) is 1.03. The Morgan fingerprint density at radius 3 is 2.36 bits per heavy atom. The molecule has 0 spiro atoms. The molecule has 7 heteroatoms. The van der Waals surface area contributed by atoms with Gasteiger partial charge in [0.25, 0.3) is 5.56 Å². The van der Waals surface area contributed by atoms with E-state index in [0.29, 0.717) is 5.69 Å². The fourth-order valence-corrected chi connectivity index (χ4v) is 2.50. The second-order valence-electron chi connectivity index (χ2n) is 5.62. The zero-order valence-electron chi connectivity index (χ0n) is 13.2. The van der Waals surface area contributed by atoms with Gasteiger partial charge in [-0.25, -0.2) is 4.98 Å². The molecule has 25 heavy (non-hydrogen) atoms. The number of para-hydroxylation sites is 1. The Labute approximate surface area is 140 Å². The summed E-state index contributed by atoms with van der Waals surface area (Å²) in [6, 6.07) is 13.0. The molecule has 128 valence electrons. The molecular weight excluding hydrogens is 333 g/mol. The number of ketones is 1. The topological polar surface area (TPSA) is 52.0 Å². The number of carbonyl (C=O) groups is 1. The number of alkyl halides is 3. The van der Waals surface area contributed by atoms with Crippen LogP contribution in [0, 0.1) is 6.92 Å². The lowest BCUT2D eigenvalue weighted by atomic mass is 10.2. The van der Waals surface area contributed by atoms with Crippen LogP contribution in [0.3, 0.4) is 0 Å². The molecule has 1 heterocycles. The lowest BCUT2D eigenvalue weighted by molar-refractivity contribution is -0.170. The third kappa shape index (κ3) is 3.31. The summed E-state index contributed by atoms with van der Waals surface area (Å²) < 4.78 is 39.1. The van der Waals surface area contributed by atoms with Crippen molar-refractivity contribution < 1.29 is 18.0 Å². The van der Waals surface area contributed by atoms with Gasteiger partial charge in [0.1, 0.15) is 5.82 Å². The van der Waals surface area contributed by atoms with Gasteiger partial charge in [0.15, 0.2) is 0 Å². The molecule has 0 aliphatic heterocycles. The number of halogens is 3. The van der Waals surface area contributed by atoms with Gasteiger partial charge in [-0.15, -0.1) is 0 Å². The molecule has 0 amide bonds. The van der Waals surface area contributed by atoms with Gasteiger partial charge >= 0.3 is 6.18 Å². The normalized spacial score (nSPS) is 11.7. The summed E-state index contributed by atoms with van der Waals surface area (Å²) in [5, 5.41) is 0.270. The van der Waals surface area contributed by atoms with E-state index in [9.17, 15) is 22.8 Å². The number of nitrogens with zero attached hydrogens (tertiary/aromatic N) is 2. The minimum Gasteiger partial charge on any atom is -0.289 e. The number of Topliss-reactive ketones (excluding diaryl/α,β-unsaturated/α-hetero) is 1. The lowest BCUT2D eigenvalue weighted by Gasteiger charge is -2.14.